The van der Waals surface area contributed by atoms with E-state index in [2.05, 4.69) is 5.32 Å². The van der Waals surface area contributed by atoms with E-state index in [0.717, 1.165) is 5.56 Å². The van der Waals surface area contributed by atoms with Gasteiger partial charge < -0.3 is 15.2 Å². The first kappa shape index (κ1) is 15.0. The molecule has 0 radical (unpaired) electrons. The van der Waals surface area contributed by atoms with Gasteiger partial charge in [-0.25, -0.2) is 9.18 Å². The number of carboxylic acids is 1. The molecule has 0 aromatic heterocycles. The zero-order valence-corrected chi connectivity index (χ0v) is 11.4. The highest BCUT2D eigenvalue weighted by molar-refractivity contribution is 5.90. The molecule has 0 bridgehead atoms. The molecule has 0 spiro atoms. The van der Waals surface area contributed by atoms with E-state index < -0.39 is 5.97 Å². The molecule has 0 aliphatic heterocycles. The molecule has 0 aliphatic rings. The van der Waals surface area contributed by atoms with Crippen molar-refractivity contribution < 1.29 is 19.0 Å². The second-order valence-electron chi connectivity index (χ2n) is 4.46. The van der Waals surface area contributed by atoms with Gasteiger partial charge in [0, 0.05) is 13.1 Å². The molecule has 5 heteroatoms. The first-order valence-electron chi connectivity index (χ1n) is 6.57. The normalized spacial score (nSPS) is 10.3. The molecule has 0 atom stereocenters. The summed E-state index contributed by atoms with van der Waals surface area (Å²) in [4.78, 5) is 11.0. The number of hydrogen-bond donors (Lipinski definition) is 2. The molecule has 2 rings (SSSR count). The molecule has 0 heterocycles. The summed E-state index contributed by atoms with van der Waals surface area (Å²) in [5.41, 5.74) is 0.989. The van der Waals surface area contributed by atoms with Gasteiger partial charge in [-0.15, -0.1) is 0 Å². The van der Waals surface area contributed by atoms with E-state index in [4.69, 9.17) is 9.84 Å². The maximum atomic E-state index is 13.0. The lowest BCUT2D eigenvalue weighted by molar-refractivity contribution is 0.0692. The zero-order valence-electron chi connectivity index (χ0n) is 11.4. The van der Waals surface area contributed by atoms with Crippen molar-refractivity contribution in [3.8, 4) is 5.75 Å². The van der Waals surface area contributed by atoms with Crippen LogP contribution in [0.4, 0.5) is 4.39 Å². The third-order valence-corrected chi connectivity index (χ3v) is 2.87. The van der Waals surface area contributed by atoms with E-state index in [1.165, 1.54) is 18.2 Å². The number of rotatable bonds is 7. The predicted molar refractivity (Wildman–Crippen MR) is 77.0 cm³/mol. The molecule has 0 amide bonds. The zero-order chi connectivity index (χ0) is 15.1. The van der Waals surface area contributed by atoms with Crippen molar-refractivity contribution in [2.45, 2.75) is 6.54 Å². The molecule has 4 nitrogen and oxygen atoms in total. The number of halogens is 1. The Bertz CT molecular complexity index is 616. The Morgan fingerprint density at radius 1 is 1.19 bits per heavy atom. The minimum absolute atomic E-state index is 0.141. The van der Waals surface area contributed by atoms with Crippen molar-refractivity contribution >= 4 is 5.97 Å². The van der Waals surface area contributed by atoms with Crippen LogP contribution in [-0.4, -0.2) is 24.2 Å². The van der Waals surface area contributed by atoms with E-state index in [9.17, 15) is 9.18 Å². The number of carboxylic acid groups (broad SMARTS) is 1. The summed E-state index contributed by atoms with van der Waals surface area (Å²) < 4.78 is 18.4. The average Bonchev–Trinajstić information content (AvgIpc) is 2.47. The van der Waals surface area contributed by atoms with Crippen LogP contribution < -0.4 is 10.1 Å². The topological polar surface area (TPSA) is 58.6 Å². The van der Waals surface area contributed by atoms with E-state index in [0.29, 0.717) is 25.4 Å². The average molecular weight is 289 g/mol. The van der Waals surface area contributed by atoms with Gasteiger partial charge in [-0.3, -0.25) is 0 Å². The van der Waals surface area contributed by atoms with Crippen molar-refractivity contribution in [2.75, 3.05) is 13.2 Å². The molecule has 0 saturated heterocycles. The summed E-state index contributed by atoms with van der Waals surface area (Å²) in [5, 5.41) is 12.1. The van der Waals surface area contributed by atoms with Gasteiger partial charge in [-0.05, 0) is 29.8 Å². The Morgan fingerprint density at radius 2 is 2.00 bits per heavy atom. The first-order valence-corrected chi connectivity index (χ1v) is 6.57. The minimum atomic E-state index is -1.02. The predicted octanol–water partition coefficient (Wildman–Crippen LogP) is 2.69. The van der Waals surface area contributed by atoms with Gasteiger partial charge in [-0.2, -0.15) is 0 Å². The highest BCUT2D eigenvalue weighted by atomic mass is 19.1. The highest BCUT2D eigenvalue weighted by Gasteiger charge is 2.09. The largest absolute Gasteiger partial charge is 0.491 e. The molecular weight excluding hydrogens is 273 g/mol. The summed E-state index contributed by atoms with van der Waals surface area (Å²) in [7, 11) is 0. The van der Waals surface area contributed by atoms with Gasteiger partial charge in [-0.1, -0.05) is 24.3 Å². The van der Waals surface area contributed by atoms with Crippen molar-refractivity contribution in [3.05, 3.63) is 65.5 Å². The smallest absolute Gasteiger partial charge is 0.339 e. The van der Waals surface area contributed by atoms with E-state index >= 15 is 0 Å². The van der Waals surface area contributed by atoms with Gasteiger partial charge >= 0.3 is 5.97 Å². The third-order valence-electron chi connectivity index (χ3n) is 2.87. The monoisotopic (exact) mass is 289 g/mol. The van der Waals surface area contributed by atoms with Gasteiger partial charge in [0.1, 0.15) is 23.7 Å². The maximum Gasteiger partial charge on any atom is 0.339 e. The number of nitrogens with one attached hydrogen (secondary N) is 1. The molecule has 2 aromatic carbocycles. The van der Waals surface area contributed by atoms with Crippen molar-refractivity contribution in [3.63, 3.8) is 0 Å². The molecular formula is C16H16FNO3. The fraction of sp³-hybridized carbons (Fsp3) is 0.188. The number of hydrogen-bond acceptors (Lipinski definition) is 3. The molecule has 0 saturated carbocycles. The van der Waals surface area contributed by atoms with Gasteiger partial charge in [0.05, 0.1) is 0 Å². The summed E-state index contributed by atoms with van der Waals surface area (Å²) in [6.45, 7) is 1.39. The van der Waals surface area contributed by atoms with Crippen LogP contribution in [0.15, 0.2) is 48.5 Å². The SMILES string of the molecule is O=C(O)c1ccccc1OCCNCc1cccc(F)c1. The molecule has 2 aromatic rings. The lowest BCUT2D eigenvalue weighted by Gasteiger charge is -2.09. The molecule has 0 unspecified atom stereocenters. The number of para-hydroxylation sites is 1. The molecule has 21 heavy (non-hydrogen) atoms. The quantitative estimate of drug-likeness (QED) is 0.769. The Kier molecular flexibility index (Phi) is 5.29. The highest BCUT2D eigenvalue weighted by Crippen LogP contribution is 2.17. The molecule has 110 valence electrons. The Labute approximate surface area is 122 Å². The van der Waals surface area contributed by atoms with E-state index in [-0.39, 0.29) is 11.4 Å². The van der Waals surface area contributed by atoms with Crippen LogP contribution in [0, 0.1) is 5.82 Å². The van der Waals surface area contributed by atoms with Crippen LogP contribution in [0.1, 0.15) is 15.9 Å². The van der Waals surface area contributed by atoms with Crippen molar-refractivity contribution in [1.82, 2.24) is 5.32 Å². The maximum absolute atomic E-state index is 13.0. The number of aromatic carboxylic acids is 1. The van der Waals surface area contributed by atoms with Gasteiger partial charge in [0.25, 0.3) is 0 Å². The van der Waals surface area contributed by atoms with Crippen molar-refractivity contribution in [2.24, 2.45) is 0 Å². The Hall–Kier alpha value is -2.40. The summed E-state index contributed by atoms with van der Waals surface area (Å²) in [6.07, 6.45) is 0. The van der Waals surface area contributed by atoms with Crippen LogP contribution in [0.25, 0.3) is 0 Å². The van der Waals surface area contributed by atoms with Crippen LogP contribution >= 0.6 is 0 Å². The second-order valence-corrected chi connectivity index (χ2v) is 4.46. The van der Waals surface area contributed by atoms with E-state index in [1.807, 2.05) is 6.07 Å². The Morgan fingerprint density at radius 3 is 2.76 bits per heavy atom. The fourth-order valence-electron chi connectivity index (χ4n) is 1.88. The van der Waals surface area contributed by atoms with Crippen LogP contribution in [0.3, 0.4) is 0 Å². The van der Waals surface area contributed by atoms with E-state index in [1.54, 1.807) is 24.3 Å². The standard InChI is InChI=1S/C16H16FNO3/c17-13-5-3-4-12(10-13)11-18-8-9-21-15-7-2-1-6-14(15)16(19)20/h1-7,10,18H,8-9,11H2,(H,19,20). The Balaban J connectivity index is 1.76. The molecule has 2 N–H and O–H groups in total. The number of carbonyl (C=O) groups is 1. The van der Waals surface area contributed by atoms with Crippen LogP contribution in [0.2, 0.25) is 0 Å². The number of benzene rings is 2. The summed E-state index contributed by atoms with van der Waals surface area (Å²) in [5.74, 6) is -0.934. The molecule has 0 fully saturated rings. The summed E-state index contributed by atoms with van der Waals surface area (Å²) >= 11 is 0. The first-order chi connectivity index (χ1) is 10.2. The van der Waals surface area contributed by atoms with Crippen molar-refractivity contribution in [1.29, 1.82) is 0 Å². The van der Waals surface area contributed by atoms with Gasteiger partial charge in [0.2, 0.25) is 0 Å². The van der Waals surface area contributed by atoms with Gasteiger partial charge in [0.15, 0.2) is 0 Å². The fourth-order valence-corrected chi connectivity index (χ4v) is 1.88. The lowest BCUT2D eigenvalue weighted by Crippen LogP contribution is -2.21. The number of ether oxygens (including phenoxy) is 1. The lowest BCUT2D eigenvalue weighted by atomic mass is 10.2. The molecule has 0 aliphatic carbocycles. The van der Waals surface area contributed by atoms with Crippen LogP contribution in [-0.2, 0) is 6.54 Å². The van der Waals surface area contributed by atoms with Crippen LogP contribution in [0.5, 0.6) is 5.75 Å². The second kappa shape index (κ2) is 7.40. The summed E-state index contributed by atoms with van der Waals surface area (Å²) in [6, 6.07) is 12.8. The minimum Gasteiger partial charge on any atom is -0.491 e. The third kappa shape index (κ3) is 4.57.